The van der Waals surface area contributed by atoms with E-state index in [0.29, 0.717) is 17.6 Å². The molecular weight excluding hydrogens is 369 g/mol. The fraction of sp³-hybridized carbons (Fsp3) is 0.500. The summed E-state index contributed by atoms with van der Waals surface area (Å²) in [6.45, 7) is 0.797. The number of hydrogen-bond acceptors (Lipinski definition) is 3. The van der Waals surface area contributed by atoms with E-state index in [4.69, 9.17) is 15.2 Å². The van der Waals surface area contributed by atoms with Gasteiger partial charge in [-0.05, 0) is 30.9 Å². The second-order valence-electron chi connectivity index (χ2n) is 4.71. The zero-order valence-electron chi connectivity index (χ0n) is 11.9. The number of ether oxygens (including phenoxy) is 2. The maximum atomic E-state index is 5.89. The molecular formula is C14H22IN3O2. The smallest absolute Gasteiger partial charge is 0.193 e. The number of nitrogens with zero attached hydrogens (tertiary/aromatic N) is 1. The highest BCUT2D eigenvalue weighted by molar-refractivity contribution is 14.0. The highest BCUT2D eigenvalue weighted by Crippen LogP contribution is 2.29. The van der Waals surface area contributed by atoms with E-state index in [-0.39, 0.29) is 24.0 Å². The monoisotopic (exact) mass is 391 g/mol. The summed E-state index contributed by atoms with van der Waals surface area (Å²) in [6.07, 6.45) is 3.84. The standard InChI is InChI=1S/C14H21N3O2.HI/c1-18-11-6-7-13(19-2)12(8-11)17-14(15)16-9-10-4-3-5-10;/h6-8,10H,3-5,9H2,1-2H3,(H3,15,16,17);1H. The molecule has 1 aliphatic carbocycles. The second kappa shape index (κ2) is 8.18. The van der Waals surface area contributed by atoms with Gasteiger partial charge in [-0.2, -0.15) is 0 Å². The average Bonchev–Trinajstić information content (AvgIpc) is 2.36. The summed E-state index contributed by atoms with van der Waals surface area (Å²) in [4.78, 5) is 4.36. The number of halogens is 1. The lowest BCUT2D eigenvalue weighted by Gasteiger charge is -2.23. The lowest BCUT2D eigenvalue weighted by atomic mass is 9.86. The minimum absolute atomic E-state index is 0. The van der Waals surface area contributed by atoms with Gasteiger partial charge >= 0.3 is 0 Å². The van der Waals surface area contributed by atoms with E-state index in [1.807, 2.05) is 18.2 Å². The topological polar surface area (TPSA) is 68.9 Å². The number of hydrogen-bond donors (Lipinski definition) is 2. The number of aliphatic imine (C=N–C) groups is 1. The van der Waals surface area contributed by atoms with Crippen molar-refractivity contribution in [2.24, 2.45) is 16.6 Å². The van der Waals surface area contributed by atoms with Crippen LogP contribution in [0.15, 0.2) is 23.2 Å². The van der Waals surface area contributed by atoms with Crippen LogP contribution in [0.4, 0.5) is 5.69 Å². The molecule has 0 heterocycles. The zero-order chi connectivity index (χ0) is 13.7. The first kappa shape index (κ1) is 16.9. The maximum Gasteiger partial charge on any atom is 0.193 e. The molecule has 0 bridgehead atoms. The molecule has 3 N–H and O–H groups in total. The summed E-state index contributed by atoms with van der Waals surface area (Å²) in [5, 5.41) is 3.06. The fourth-order valence-electron chi connectivity index (χ4n) is 1.99. The molecule has 0 radical (unpaired) electrons. The normalized spacial score (nSPS) is 15.0. The van der Waals surface area contributed by atoms with Crippen molar-refractivity contribution in [3.05, 3.63) is 18.2 Å². The summed E-state index contributed by atoms with van der Waals surface area (Å²) in [6, 6.07) is 5.51. The van der Waals surface area contributed by atoms with Crippen LogP contribution < -0.4 is 20.5 Å². The first-order chi connectivity index (χ1) is 9.22. The van der Waals surface area contributed by atoms with Crippen LogP contribution in [0.5, 0.6) is 11.5 Å². The van der Waals surface area contributed by atoms with Gasteiger partial charge in [0.2, 0.25) is 0 Å². The van der Waals surface area contributed by atoms with Crippen molar-refractivity contribution in [2.45, 2.75) is 19.3 Å². The molecule has 0 spiro atoms. The molecule has 1 saturated carbocycles. The molecule has 1 fully saturated rings. The quantitative estimate of drug-likeness (QED) is 0.460. The summed E-state index contributed by atoms with van der Waals surface area (Å²) < 4.78 is 10.5. The van der Waals surface area contributed by atoms with E-state index >= 15 is 0 Å². The van der Waals surface area contributed by atoms with Crippen molar-refractivity contribution in [3.8, 4) is 11.5 Å². The Kier molecular flexibility index (Phi) is 6.90. The Morgan fingerprint density at radius 1 is 1.35 bits per heavy atom. The third kappa shape index (κ3) is 4.43. The number of benzene rings is 1. The number of anilines is 1. The third-order valence-electron chi connectivity index (χ3n) is 3.41. The number of nitrogens with one attached hydrogen (secondary N) is 1. The minimum atomic E-state index is 0. The zero-order valence-corrected chi connectivity index (χ0v) is 14.2. The first-order valence-electron chi connectivity index (χ1n) is 6.52. The molecule has 5 nitrogen and oxygen atoms in total. The van der Waals surface area contributed by atoms with Crippen LogP contribution in [0.3, 0.4) is 0 Å². The molecule has 1 aliphatic rings. The Bertz CT molecular complexity index is 462. The molecule has 20 heavy (non-hydrogen) atoms. The Morgan fingerprint density at radius 3 is 2.65 bits per heavy atom. The lowest BCUT2D eigenvalue weighted by molar-refractivity contribution is 0.326. The Morgan fingerprint density at radius 2 is 2.10 bits per heavy atom. The van der Waals surface area contributed by atoms with Crippen LogP contribution >= 0.6 is 24.0 Å². The van der Waals surface area contributed by atoms with Gasteiger partial charge in [0.25, 0.3) is 0 Å². The first-order valence-corrected chi connectivity index (χ1v) is 6.52. The van der Waals surface area contributed by atoms with Crippen molar-refractivity contribution in [1.82, 2.24) is 0 Å². The largest absolute Gasteiger partial charge is 0.497 e. The predicted molar refractivity (Wildman–Crippen MR) is 92.4 cm³/mol. The lowest BCUT2D eigenvalue weighted by Crippen LogP contribution is -2.25. The van der Waals surface area contributed by atoms with Crippen molar-refractivity contribution in [2.75, 3.05) is 26.1 Å². The molecule has 6 heteroatoms. The van der Waals surface area contributed by atoms with Crippen molar-refractivity contribution >= 4 is 35.6 Å². The van der Waals surface area contributed by atoms with Crippen LogP contribution in [0, 0.1) is 5.92 Å². The van der Waals surface area contributed by atoms with Gasteiger partial charge in [0, 0.05) is 12.6 Å². The van der Waals surface area contributed by atoms with E-state index in [2.05, 4.69) is 10.3 Å². The molecule has 0 aromatic heterocycles. The van der Waals surface area contributed by atoms with Crippen molar-refractivity contribution in [3.63, 3.8) is 0 Å². The van der Waals surface area contributed by atoms with E-state index in [1.165, 1.54) is 19.3 Å². The molecule has 1 aromatic carbocycles. The van der Waals surface area contributed by atoms with E-state index in [9.17, 15) is 0 Å². The average molecular weight is 391 g/mol. The Hall–Kier alpha value is -1.18. The second-order valence-corrected chi connectivity index (χ2v) is 4.71. The number of guanidine groups is 1. The van der Waals surface area contributed by atoms with Gasteiger partial charge in [0.15, 0.2) is 5.96 Å². The van der Waals surface area contributed by atoms with Crippen molar-refractivity contribution in [1.29, 1.82) is 0 Å². The number of nitrogens with two attached hydrogens (primary N) is 1. The number of rotatable bonds is 5. The predicted octanol–water partition coefficient (Wildman–Crippen LogP) is 2.85. The molecule has 0 amide bonds. The van der Waals surface area contributed by atoms with Crippen LogP contribution in [-0.4, -0.2) is 26.7 Å². The van der Waals surface area contributed by atoms with Gasteiger partial charge in [-0.1, -0.05) is 6.42 Å². The molecule has 0 saturated heterocycles. The fourth-order valence-corrected chi connectivity index (χ4v) is 1.99. The molecule has 0 unspecified atom stereocenters. The van der Waals surface area contributed by atoms with Gasteiger partial charge < -0.3 is 20.5 Å². The van der Waals surface area contributed by atoms with Crippen LogP contribution in [0.2, 0.25) is 0 Å². The van der Waals surface area contributed by atoms with Gasteiger partial charge in [0.05, 0.1) is 19.9 Å². The highest BCUT2D eigenvalue weighted by Gasteiger charge is 2.16. The molecule has 0 aliphatic heterocycles. The van der Waals surface area contributed by atoms with Gasteiger partial charge in [-0.25, -0.2) is 0 Å². The third-order valence-corrected chi connectivity index (χ3v) is 3.41. The van der Waals surface area contributed by atoms with Crippen molar-refractivity contribution < 1.29 is 9.47 Å². The van der Waals surface area contributed by atoms with Gasteiger partial charge in [-0.3, -0.25) is 4.99 Å². The molecule has 1 aromatic rings. The highest BCUT2D eigenvalue weighted by atomic mass is 127. The van der Waals surface area contributed by atoms with E-state index < -0.39 is 0 Å². The maximum absolute atomic E-state index is 5.89. The summed E-state index contributed by atoms with van der Waals surface area (Å²) in [7, 11) is 3.24. The van der Waals surface area contributed by atoms with Gasteiger partial charge in [0.1, 0.15) is 11.5 Å². The van der Waals surface area contributed by atoms with Crippen LogP contribution in [0.25, 0.3) is 0 Å². The van der Waals surface area contributed by atoms with Crippen LogP contribution in [-0.2, 0) is 0 Å². The van der Waals surface area contributed by atoms with Gasteiger partial charge in [-0.15, -0.1) is 24.0 Å². The summed E-state index contributed by atoms with van der Waals surface area (Å²) in [5.41, 5.74) is 6.65. The molecule has 2 rings (SSSR count). The minimum Gasteiger partial charge on any atom is -0.497 e. The Labute approximate surface area is 137 Å². The Balaban J connectivity index is 0.00000200. The molecule has 112 valence electrons. The molecule has 0 atom stereocenters. The van der Waals surface area contributed by atoms with Crippen LogP contribution in [0.1, 0.15) is 19.3 Å². The van der Waals surface area contributed by atoms with E-state index in [0.717, 1.165) is 18.0 Å². The SMILES string of the molecule is COc1ccc(OC)c(NC(N)=NCC2CCC2)c1.I. The number of methoxy groups -OCH3 is 2. The summed E-state index contributed by atoms with van der Waals surface area (Å²) >= 11 is 0. The summed E-state index contributed by atoms with van der Waals surface area (Å²) in [5.74, 6) is 2.57. The van der Waals surface area contributed by atoms with E-state index in [1.54, 1.807) is 14.2 Å².